The zero-order valence-corrected chi connectivity index (χ0v) is 18.1. The Labute approximate surface area is 182 Å². The molecule has 1 aromatic heterocycles. The van der Waals surface area contributed by atoms with Crippen LogP contribution < -0.4 is 4.74 Å². The maximum absolute atomic E-state index is 12.9. The number of likely N-dealkylation sites (tertiary alicyclic amines) is 1. The third kappa shape index (κ3) is 4.77. The molecule has 1 aliphatic heterocycles. The Bertz CT molecular complexity index is 971. The van der Waals surface area contributed by atoms with Crippen LogP contribution in [0.25, 0.3) is 5.76 Å². The lowest BCUT2D eigenvalue weighted by Gasteiger charge is -2.24. The Morgan fingerprint density at radius 2 is 2.03 bits per heavy atom. The summed E-state index contributed by atoms with van der Waals surface area (Å²) in [6.07, 6.45) is 5.21. The number of aryl methyl sites for hydroxylation is 1. The number of aliphatic hydroxyl groups is 1. The zero-order chi connectivity index (χ0) is 22.4. The smallest absolute Gasteiger partial charge is 0.295 e. The molecule has 2 heterocycles. The SMILES string of the molecule is CCCCOc1ccc(/C(O)=C2\C(=O)C(=O)N(CCOC)[C@@H]2c2cccnc2)cc1C. The number of benzene rings is 1. The van der Waals surface area contributed by atoms with E-state index in [9.17, 15) is 14.7 Å². The first-order valence-electron chi connectivity index (χ1n) is 10.4. The minimum atomic E-state index is -0.732. The van der Waals surface area contributed by atoms with Gasteiger partial charge in [-0.15, -0.1) is 0 Å². The molecular formula is C24H28N2O5. The number of Topliss-reactive ketones (excluding diaryl/α,β-unsaturated/α-hetero) is 1. The molecule has 1 aromatic carbocycles. The highest BCUT2D eigenvalue weighted by molar-refractivity contribution is 6.46. The van der Waals surface area contributed by atoms with Crippen LogP contribution in [0.4, 0.5) is 0 Å². The van der Waals surface area contributed by atoms with Gasteiger partial charge < -0.3 is 19.5 Å². The second-order valence-electron chi connectivity index (χ2n) is 7.45. The molecule has 1 atom stereocenters. The normalized spacial score (nSPS) is 17.9. The van der Waals surface area contributed by atoms with Gasteiger partial charge >= 0.3 is 0 Å². The average molecular weight is 424 g/mol. The zero-order valence-electron chi connectivity index (χ0n) is 18.1. The Hall–Kier alpha value is -3.19. The average Bonchev–Trinajstić information content (AvgIpc) is 3.03. The summed E-state index contributed by atoms with van der Waals surface area (Å²) < 4.78 is 10.9. The van der Waals surface area contributed by atoms with Crippen molar-refractivity contribution in [1.29, 1.82) is 0 Å². The van der Waals surface area contributed by atoms with Gasteiger partial charge in [-0.05, 0) is 48.7 Å². The molecule has 1 amide bonds. The minimum Gasteiger partial charge on any atom is -0.507 e. The lowest BCUT2D eigenvalue weighted by Crippen LogP contribution is -2.32. The number of unbranched alkanes of at least 4 members (excludes halogenated alkanes) is 1. The molecule has 164 valence electrons. The summed E-state index contributed by atoms with van der Waals surface area (Å²) in [5.41, 5.74) is 1.99. The topological polar surface area (TPSA) is 89.0 Å². The molecule has 1 saturated heterocycles. The van der Waals surface area contributed by atoms with Crippen molar-refractivity contribution in [2.75, 3.05) is 26.9 Å². The number of amides is 1. The number of pyridine rings is 1. The van der Waals surface area contributed by atoms with E-state index in [-0.39, 0.29) is 24.5 Å². The highest BCUT2D eigenvalue weighted by atomic mass is 16.5. The second kappa shape index (κ2) is 10.2. The van der Waals surface area contributed by atoms with Crippen LogP contribution in [0, 0.1) is 6.92 Å². The molecule has 3 rings (SSSR count). The molecule has 1 aliphatic rings. The van der Waals surface area contributed by atoms with Crippen molar-refractivity contribution in [3.05, 3.63) is 65.0 Å². The first-order chi connectivity index (χ1) is 15.0. The molecule has 0 unspecified atom stereocenters. The van der Waals surface area contributed by atoms with E-state index in [1.807, 2.05) is 6.92 Å². The molecule has 1 fully saturated rings. The number of nitrogens with zero attached hydrogens (tertiary/aromatic N) is 2. The predicted molar refractivity (Wildman–Crippen MR) is 117 cm³/mol. The summed E-state index contributed by atoms with van der Waals surface area (Å²) in [5.74, 6) is -0.864. The van der Waals surface area contributed by atoms with Gasteiger partial charge in [0, 0.05) is 31.6 Å². The van der Waals surface area contributed by atoms with E-state index < -0.39 is 17.7 Å². The van der Waals surface area contributed by atoms with E-state index in [1.165, 1.54) is 12.0 Å². The van der Waals surface area contributed by atoms with E-state index in [1.54, 1.807) is 42.7 Å². The number of aromatic nitrogens is 1. The molecular weight excluding hydrogens is 396 g/mol. The summed E-state index contributed by atoms with van der Waals surface area (Å²) in [5, 5.41) is 11.1. The fourth-order valence-electron chi connectivity index (χ4n) is 3.63. The van der Waals surface area contributed by atoms with Crippen molar-refractivity contribution < 1.29 is 24.2 Å². The number of ketones is 1. The summed E-state index contributed by atoms with van der Waals surface area (Å²) in [4.78, 5) is 31.2. The van der Waals surface area contributed by atoms with E-state index in [0.717, 1.165) is 24.2 Å². The van der Waals surface area contributed by atoms with E-state index >= 15 is 0 Å². The molecule has 0 bridgehead atoms. The van der Waals surface area contributed by atoms with E-state index in [0.29, 0.717) is 17.7 Å². The van der Waals surface area contributed by atoms with Gasteiger partial charge in [-0.1, -0.05) is 19.4 Å². The second-order valence-corrected chi connectivity index (χ2v) is 7.45. The Morgan fingerprint density at radius 3 is 2.68 bits per heavy atom. The molecule has 31 heavy (non-hydrogen) atoms. The van der Waals surface area contributed by atoms with Gasteiger partial charge in [0.05, 0.1) is 24.8 Å². The van der Waals surface area contributed by atoms with Crippen molar-refractivity contribution in [3.63, 3.8) is 0 Å². The van der Waals surface area contributed by atoms with E-state index in [4.69, 9.17) is 9.47 Å². The standard InChI is InChI=1S/C24H28N2O5/c1-4-5-12-31-19-9-8-17(14-16(19)2)22(27)20-21(18-7-6-10-25-15-18)26(11-13-30-3)24(29)23(20)28/h6-10,14-15,21,27H,4-5,11-13H2,1-3H3/b22-20+/t21-/m1/s1. The lowest BCUT2D eigenvalue weighted by molar-refractivity contribution is -0.140. The first-order valence-corrected chi connectivity index (χ1v) is 10.4. The largest absolute Gasteiger partial charge is 0.507 e. The molecule has 0 aliphatic carbocycles. The van der Waals surface area contributed by atoms with Crippen LogP contribution in [0.5, 0.6) is 5.75 Å². The van der Waals surface area contributed by atoms with Gasteiger partial charge in [0.25, 0.3) is 11.7 Å². The van der Waals surface area contributed by atoms with Crippen LogP contribution in [0.15, 0.2) is 48.3 Å². The van der Waals surface area contributed by atoms with Crippen LogP contribution in [0.1, 0.15) is 42.5 Å². The fraction of sp³-hybridized carbons (Fsp3) is 0.375. The summed E-state index contributed by atoms with van der Waals surface area (Å²) in [6.45, 7) is 5.09. The van der Waals surface area contributed by atoms with Crippen LogP contribution in [0.3, 0.4) is 0 Å². The van der Waals surface area contributed by atoms with Gasteiger partial charge in [0.2, 0.25) is 0 Å². The molecule has 7 nitrogen and oxygen atoms in total. The number of ether oxygens (including phenoxy) is 2. The van der Waals surface area contributed by atoms with Crippen LogP contribution in [0.2, 0.25) is 0 Å². The monoisotopic (exact) mass is 424 g/mol. The molecule has 7 heteroatoms. The minimum absolute atomic E-state index is 0.0492. The molecule has 0 saturated carbocycles. The third-order valence-electron chi connectivity index (χ3n) is 5.28. The summed E-state index contributed by atoms with van der Waals surface area (Å²) in [6, 6.07) is 8.03. The number of carbonyl (C=O) groups is 2. The number of carbonyl (C=O) groups excluding carboxylic acids is 2. The van der Waals surface area contributed by atoms with Gasteiger partial charge in [-0.3, -0.25) is 14.6 Å². The number of hydrogen-bond donors (Lipinski definition) is 1. The molecule has 2 aromatic rings. The summed E-state index contributed by atoms with van der Waals surface area (Å²) in [7, 11) is 1.53. The van der Waals surface area contributed by atoms with Gasteiger partial charge in [-0.2, -0.15) is 0 Å². The fourth-order valence-corrected chi connectivity index (χ4v) is 3.63. The van der Waals surface area contributed by atoms with Crippen molar-refractivity contribution in [1.82, 2.24) is 9.88 Å². The van der Waals surface area contributed by atoms with Crippen molar-refractivity contribution in [2.24, 2.45) is 0 Å². The van der Waals surface area contributed by atoms with Crippen molar-refractivity contribution >= 4 is 17.4 Å². The van der Waals surface area contributed by atoms with Crippen LogP contribution in [-0.2, 0) is 14.3 Å². The number of methoxy groups -OCH3 is 1. The van der Waals surface area contributed by atoms with Crippen LogP contribution >= 0.6 is 0 Å². The molecule has 1 N–H and O–H groups in total. The Balaban J connectivity index is 2.03. The van der Waals surface area contributed by atoms with E-state index in [2.05, 4.69) is 11.9 Å². The van der Waals surface area contributed by atoms with Crippen LogP contribution in [-0.4, -0.2) is 53.5 Å². The van der Waals surface area contributed by atoms with Gasteiger partial charge in [0.1, 0.15) is 11.5 Å². The number of rotatable bonds is 9. The Morgan fingerprint density at radius 1 is 1.23 bits per heavy atom. The highest BCUT2D eigenvalue weighted by Crippen LogP contribution is 2.39. The predicted octanol–water partition coefficient (Wildman–Crippen LogP) is 3.64. The molecule has 0 spiro atoms. The first kappa shape index (κ1) is 22.5. The third-order valence-corrected chi connectivity index (χ3v) is 5.28. The van der Waals surface area contributed by atoms with Gasteiger partial charge in [-0.25, -0.2) is 0 Å². The Kier molecular flexibility index (Phi) is 7.41. The van der Waals surface area contributed by atoms with Crippen molar-refractivity contribution in [3.8, 4) is 5.75 Å². The maximum Gasteiger partial charge on any atom is 0.295 e. The summed E-state index contributed by atoms with van der Waals surface area (Å²) >= 11 is 0. The lowest BCUT2D eigenvalue weighted by atomic mass is 9.95. The quantitative estimate of drug-likeness (QED) is 0.286. The highest BCUT2D eigenvalue weighted by Gasteiger charge is 2.46. The molecule has 0 radical (unpaired) electrons. The van der Waals surface area contributed by atoms with Gasteiger partial charge in [0.15, 0.2) is 0 Å². The van der Waals surface area contributed by atoms with Crippen molar-refractivity contribution in [2.45, 2.75) is 32.7 Å². The number of hydrogen-bond acceptors (Lipinski definition) is 6. The maximum atomic E-state index is 12.9. The number of aliphatic hydroxyl groups excluding tert-OH is 1.